The number of hydrogen-bond donors (Lipinski definition) is 2. The summed E-state index contributed by atoms with van der Waals surface area (Å²) in [4.78, 5) is 0. The zero-order valence-electron chi connectivity index (χ0n) is 18.1. The summed E-state index contributed by atoms with van der Waals surface area (Å²) in [6, 6.07) is 18.3. The molecule has 1 heterocycles. The smallest absolute Gasteiger partial charge is 0.0716 e. The van der Waals surface area contributed by atoms with E-state index >= 15 is 0 Å². The molecule has 158 valence electrons. The molecular weight excluding hydrogens is 366 g/mol. The first-order valence-electron chi connectivity index (χ1n) is 12.3. The van der Waals surface area contributed by atoms with Crippen LogP contribution in [-0.4, -0.2) is 23.8 Å². The van der Waals surface area contributed by atoms with Crippen molar-refractivity contribution in [1.29, 1.82) is 0 Å². The average Bonchev–Trinajstić information content (AvgIpc) is 3.32. The Morgan fingerprint density at radius 1 is 0.800 bits per heavy atom. The van der Waals surface area contributed by atoms with Gasteiger partial charge in [0, 0.05) is 11.3 Å². The minimum Gasteiger partial charge on any atom is -0.389 e. The minimum atomic E-state index is -0.554. The van der Waals surface area contributed by atoms with E-state index in [9.17, 15) is 5.11 Å². The van der Waals surface area contributed by atoms with Crippen LogP contribution in [0.2, 0.25) is 0 Å². The molecule has 1 atom stereocenters. The Balaban J connectivity index is 1.47. The number of rotatable bonds is 4. The highest BCUT2D eigenvalue weighted by molar-refractivity contribution is 5.62. The second-order valence-corrected chi connectivity index (χ2v) is 10.5. The van der Waals surface area contributed by atoms with Gasteiger partial charge in [-0.2, -0.15) is 0 Å². The van der Waals surface area contributed by atoms with Crippen molar-refractivity contribution in [2.24, 2.45) is 11.8 Å². The second kappa shape index (κ2) is 7.21. The van der Waals surface area contributed by atoms with Crippen molar-refractivity contribution in [3.8, 4) is 0 Å². The third-order valence-electron chi connectivity index (χ3n) is 9.20. The Labute approximate surface area is 181 Å². The van der Waals surface area contributed by atoms with Gasteiger partial charge in [0.15, 0.2) is 0 Å². The zero-order chi connectivity index (χ0) is 20.2. The Bertz CT molecular complexity index is 856. The summed E-state index contributed by atoms with van der Waals surface area (Å²) in [7, 11) is 0. The third-order valence-corrected chi connectivity index (χ3v) is 9.20. The maximum absolute atomic E-state index is 12.7. The highest BCUT2D eigenvalue weighted by Crippen LogP contribution is 2.64. The van der Waals surface area contributed by atoms with Crippen molar-refractivity contribution in [3.05, 3.63) is 70.8 Å². The fourth-order valence-electron chi connectivity index (χ4n) is 7.87. The van der Waals surface area contributed by atoms with Gasteiger partial charge in [-0.3, -0.25) is 0 Å². The van der Waals surface area contributed by atoms with E-state index in [-0.39, 0.29) is 5.41 Å². The lowest BCUT2D eigenvalue weighted by atomic mass is 9.59. The number of nitrogens with one attached hydrogen (secondary N) is 1. The van der Waals surface area contributed by atoms with Crippen LogP contribution in [0.15, 0.2) is 48.5 Å². The molecule has 1 saturated carbocycles. The second-order valence-electron chi connectivity index (χ2n) is 10.5. The largest absolute Gasteiger partial charge is 0.389 e. The van der Waals surface area contributed by atoms with Crippen LogP contribution >= 0.6 is 0 Å². The van der Waals surface area contributed by atoms with Gasteiger partial charge in [-0.15, -0.1) is 0 Å². The Morgan fingerprint density at radius 3 is 2.00 bits per heavy atom. The molecule has 1 unspecified atom stereocenters. The SMILES string of the molecule is OC(CC12CC(c3ccccc31)c1ccccc12)(C1CCCCC1)C1CCNCC1. The summed E-state index contributed by atoms with van der Waals surface area (Å²) in [6.45, 7) is 2.12. The van der Waals surface area contributed by atoms with E-state index in [1.165, 1.54) is 54.4 Å². The van der Waals surface area contributed by atoms with Gasteiger partial charge in [0.2, 0.25) is 0 Å². The van der Waals surface area contributed by atoms with Gasteiger partial charge in [-0.05, 0) is 85.7 Å². The fourth-order valence-corrected chi connectivity index (χ4v) is 7.87. The number of benzene rings is 2. The molecular formula is C28H35NO. The van der Waals surface area contributed by atoms with E-state index < -0.39 is 5.60 Å². The molecule has 1 saturated heterocycles. The molecule has 0 aromatic heterocycles. The molecule has 2 bridgehead atoms. The topological polar surface area (TPSA) is 32.3 Å². The molecule has 3 aliphatic carbocycles. The average molecular weight is 402 g/mol. The Hall–Kier alpha value is -1.64. The van der Waals surface area contributed by atoms with E-state index in [0.29, 0.717) is 17.8 Å². The highest BCUT2D eigenvalue weighted by Gasteiger charge is 2.58. The van der Waals surface area contributed by atoms with Crippen molar-refractivity contribution in [3.63, 3.8) is 0 Å². The molecule has 2 heteroatoms. The quantitative estimate of drug-likeness (QED) is 0.707. The summed E-state index contributed by atoms with van der Waals surface area (Å²) in [5, 5.41) is 16.2. The first-order chi connectivity index (χ1) is 14.7. The lowest BCUT2D eigenvalue weighted by Gasteiger charge is -2.50. The van der Waals surface area contributed by atoms with Gasteiger partial charge in [0.1, 0.15) is 0 Å². The zero-order valence-corrected chi connectivity index (χ0v) is 18.1. The fraction of sp³-hybridized carbons (Fsp3) is 0.571. The molecule has 2 aromatic carbocycles. The summed E-state index contributed by atoms with van der Waals surface area (Å²) >= 11 is 0. The van der Waals surface area contributed by atoms with Gasteiger partial charge in [0.25, 0.3) is 0 Å². The molecule has 2 nitrogen and oxygen atoms in total. The van der Waals surface area contributed by atoms with Gasteiger partial charge in [-0.25, -0.2) is 0 Å². The third kappa shape index (κ3) is 2.69. The Morgan fingerprint density at radius 2 is 1.37 bits per heavy atom. The van der Waals surface area contributed by atoms with Crippen LogP contribution in [-0.2, 0) is 5.41 Å². The molecule has 2 aromatic rings. The predicted molar refractivity (Wildman–Crippen MR) is 122 cm³/mol. The first-order valence-corrected chi connectivity index (χ1v) is 12.3. The Kier molecular flexibility index (Phi) is 4.58. The molecule has 0 spiro atoms. The van der Waals surface area contributed by atoms with Crippen molar-refractivity contribution in [1.82, 2.24) is 5.32 Å². The lowest BCUT2D eigenvalue weighted by molar-refractivity contribution is -0.106. The van der Waals surface area contributed by atoms with Crippen LogP contribution in [0.1, 0.15) is 86.0 Å². The van der Waals surface area contributed by atoms with E-state index in [1.807, 2.05) is 0 Å². The monoisotopic (exact) mass is 401 g/mol. The van der Waals surface area contributed by atoms with Crippen molar-refractivity contribution >= 4 is 0 Å². The number of fused-ring (bicyclic) bond motifs is 8. The van der Waals surface area contributed by atoms with Crippen molar-refractivity contribution < 1.29 is 5.11 Å². The number of piperidine rings is 1. The van der Waals surface area contributed by atoms with Gasteiger partial charge in [0.05, 0.1) is 5.60 Å². The molecule has 2 N–H and O–H groups in total. The van der Waals surface area contributed by atoms with E-state index in [4.69, 9.17) is 0 Å². The van der Waals surface area contributed by atoms with E-state index in [0.717, 1.165) is 38.8 Å². The van der Waals surface area contributed by atoms with Crippen LogP contribution in [0.3, 0.4) is 0 Å². The molecule has 2 fully saturated rings. The molecule has 0 amide bonds. The summed E-state index contributed by atoms with van der Waals surface area (Å²) < 4.78 is 0. The normalized spacial score (nSPS) is 30.6. The van der Waals surface area contributed by atoms with E-state index in [2.05, 4.69) is 53.8 Å². The first kappa shape index (κ1) is 19.1. The maximum Gasteiger partial charge on any atom is 0.0716 e. The number of aliphatic hydroxyl groups is 1. The van der Waals surface area contributed by atoms with Crippen molar-refractivity contribution in [2.75, 3.05) is 13.1 Å². The maximum atomic E-state index is 12.7. The summed E-state index contributed by atoms with van der Waals surface area (Å²) in [6.07, 6.45) is 10.7. The minimum absolute atomic E-state index is 0.00503. The summed E-state index contributed by atoms with van der Waals surface area (Å²) in [5.41, 5.74) is 5.51. The lowest BCUT2D eigenvalue weighted by Crippen LogP contribution is -2.53. The van der Waals surface area contributed by atoms with Crippen molar-refractivity contribution in [2.45, 2.75) is 74.7 Å². The molecule has 4 aliphatic rings. The number of hydrogen-bond acceptors (Lipinski definition) is 2. The highest BCUT2D eigenvalue weighted by atomic mass is 16.3. The van der Waals surface area contributed by atoms with Crippen LogP contribution in [0.25, 0.3) is 0 Å². The van der Waals surface area contributed by atoms with Gasteiger partial charge < -0.3 is 10.4 Å². The molecule has 30 heavy (non-hydrogen) atoms. The molecule has 0 radical (unpaired) electrons. The van der Waals surface area contributed by atoms with Crippen LogP contribution in [0, 0.1) is 11.8 Å². The predicted octanol–water partition coefficient (Wildman–Crippen LogP) is 5.52. The molecule has 1 aliphatic heterocycles. The standard InChI is InChI=1S/C28H35NO/c30-28(20-8-2-1-3-9-20,21-14-16-29-17-15-21)19-27-18-24(22-10-4-6-12-25(22)27)23-11-5-7-13-26(23)27/h4-7,10-13,20-21,24,29-30H,1-3,8-9,14-19H2. The molecule has 6 rings (SSSR count). The van der Waals surface area contributed by atoms with Gasteiger partial charge in [-0.1, -0.05) is 67.8 Å². The van der Waals surface area contributed by atoms with E-state index in [1.54, 1.807) is 0 Å². The van der Waals surface area contributed by atoms with Gasteiger partial charge >= 0.3 is 0 Å². The van der Waals surface area contributed by atoms with Crippen LogP contribution in [0.4, 0.5) is 0 Å². The van der Waals surface area contributed by atoms with Crippen LogP contribution in [0.5, 0.6) is 0 Å². The van der Waals surface area contributed by atoms with Crippen LogP contribution < -0.4 is 5.32 Å². The summed E-state index contributed by atoms with van der Waals surface area (Å²) in [5.74, 6) is 1.40.